The first-order valence-electron chi connectivity index (χ1n) is 5.93. The molecular formula is C13H12N4O4. The Hall–Kier alpha value is -3.16. The number of hydrogen-bond acceptors (Lipinski definition) is 4. The zero-order chi connectivity index (χ0) is 15.4. The first kappa shape index (κ1) is 14.3. The average molecular weight is 288 g/mol. The van der Waals surface area contributed by atoms with Crippen molar-refractivity contribution in [3.63, 3.8) is 0 Å². The van der Waals surface area contributed by atoms with E-state index in [-0.39, 0.29) is 17.3 Å². The first-order chi connectivity index (χ1) is 9.95. The number of ketones is 1. The standard InChI is InChI=1S/C13H12N4O4/c1-7(18)8-2-4-9(5-3-8)14-13(21)15-11-6-10(12(19)20)16-17-11/h2-6H,1H3,(H,19,20)(H3,14,15,16,17,21). The molecular weight excluding hydrogens is 276 g/mol. The maximum atomic E-state index is 11.7. The van der Waals surface area contributed by atoms with Crippen LogP contribution in [0.5, 0.6) is 0 Å². The molecule has 0 atom stereocenters. The van der Waals surface area contributed by atoms with E-state index in [1.165, 1.54) is 13.0 Å². The number of anilines is 2. The predicted molar refractivity (Wildman–Crippen MR) is 74.6 cm³/mol. The lowest BCUT2D eigenvalue weighted by molar-refractivity contribution is 0.0690. The number of nitrogens with zero attached hydrogens (tertiary/aromatic N) is 1. The number of H-pyrrole nitrogens is 1. The molecule has 0 aliphatic heterocycles. The Morgan fingerprint density at radius 2 is 1.81 bits per heavy atom. The van der Waals surface area contributed by atoms with Crippen LogP contribution in [0.4, 0.5) is 16.3 Å². The Kier molecular flexibility index (Phi) is 3.98. The van der Waals surface area contributed by atoms with Gasteiger partial charge in [-0.25, -0.2) is 9.59 Å². The van der Waals surface area contributed by atoms with Crippen LogP contribution in [0.3, 0.4) is 0 Å². The van der Waals surface area contributed by atoms with Crippen LogP contribution in [0.25, 0.3) is 0 Å². The van der Waals surface area contributed by atoms with E-state index in [0.29, 0.717) is 11.3 Å². The molecule has 1 aromatic heterocycles. The molecule has 0 unspecified atom stereocenters. The van der Waals surface area contributed by atoms with Gasteiger partial charge in [-0.05, 0) is 31.2 Å². The monoisotopic (exact) mass is 288 g/mol. The minimum atomic E-state index is -1.17. The van der Waals surface area contributed by atoms with Crippen molar-refractivity contribution in [3.8, 4) is 0 Å². The van der Waals surface area contributed by atoms with Crippen LogP contribution in [0, 0.1) is 0 Å². The van der Waals surface area contributed by atoms with Crippen molar-refractivity contribution in [2.24, 2.45) is 0 Å². The number of hydrogen-bond donors (Lipinski definition) is 4. The summed E-state index contributed by atoms with van der Waals surface area (Å²) in [5.74, 6) is -1.15. The van der Waals surface area contributed by atoms with E-state index in [1.54, 1.807) is 24.3 Å². The summed E-state index contributed by atoms with van der Waals surface area (Å²) in [6, 6.07) is 6.98. The number of carbonyl (C=O) groups is 3. The van der Waals surface area contributed by atoms with Crippen molar-refractivity contribution in [1.82, 2.24) is 10.2 Å². The molecule has 0 bridgehead atoms. The van der Waals surface area contributed by atoms with Gasteiger partial charge in [0.05, 0.1) is 0 Å². The van der Waals surface area contributed by atoms with Gasteiger partial charge in [-0.3, -0.25) is 15.2 Å². The van der Waals surface area contributed by atoms with Crippen LogP contribution in [-0.2, 0) is 0 Å². The Morgan fingerprint density at radius 3 is 2.33 bits per heavy atom. The molecule has 0 saturated carbocycles. The highest BCUT2D eigenvalue weighted by molar-refractivity contribution is 6.00. The zero-order valence-corrected chi connectivity index (χ0v) is 11.0. The van der Waals surface area contributed by atoms with Gasteiger partial charge in [0.15, 0.2) is 11.6 Å². The van der Waals surface area contributed by atoms with Gasteiger partial charge < -0.3 is 10.4 Å². The number of amides is 2. The molecule has 2 rings (SSSR count). The molecule has 1 aromatic carbocycles. The van der Waals surface area contributed by atoms with Gasteiger partial charge in [0.2, 0.25) is 0 Å². The zero-order valence-electron chi connectivity index (χ0n) is 11.0. The fourth-order valence-corrected chi connectivity index (χ4v) is 1.56. The Labute approximate surface area is 119 Å². The maximum absolute atomic E-state index is 11.7. The second-order valence-electron chi connectivity index (χ2n) is 4.18. The van der Waals surface area contributed by atoms with Crippen LogP contribution in [0.15, 0.2) is 30.3 Å². The third kappa shape index (κ3) is 3.66. The maximum Gasteiger partial charge on any atom is 0.353 e. The molecule has 2 aromatic rings. The molecule has 0 fully saturated rings. The molecule has 2 amide bonds. The molecule has 108 valence electrons. The second-order valence-corrected chi connectivity index (χ2v) is 4.18. The minimum absolute atomic E-state index is 0.0660. The largest absolute Gasteiger partial charge is 0.477 e. The van der Waals surface area contributed by atoms with Gasteiger partial charge in [0, 0.05) is 17.3 Å². The normalized spacial score (nSPS) is 9.95. The van der Waals surface area contributed by atoms with Crippen molar-refractivity contribution >= 4 is 29.3 Å². The van der Waals surface area contributed by atoms with E-state index in [2.05, 4.69) is 20.8 Å². The summed E-state index contributed by atoms with van der Waals surface area (Å²) in [6.45, 7) is 1.45. The van der Waals surface area contributed by atoms with E-state index in [0.717, 1.165) is 0 Å². The van der Waals surface area contributed by atoms with Crippen molar-refractivity contribution in [3.05, 3.63) is 41.6 Å². The smallest absolute Gasteiger partial charge is 0.353 e. The molecule has 8 nitrogen and oxygen atoms in total. The van der Waals surface area contributed by atoms with E-state index < -0.39 is 12.0 Å². The van der Waals surface area contributed by atoms with Crippen molar-refractivity contribution in [2.45, 2.75) is 6.92 Å². The molecule has 0 aliphatic rings. The molecule has 1 heterocycles. The molecule has 0 aliphatic carbocycles. The van der Waals surface area contributed by atoms with Crippen LogP contribution < -0.4 is 10.6 Å². The van der Waals surface area contributed by atoms with Crippen LogP contribution in [0.1, 0.15) is 27.8 Å². The first-order valence-corrected chi connectivity index (χ1v) is 5.93. The van der Waals surface area contributed by atoms with E-state index in [1.807, 2.05) is 0 Å². The Bertz CT molecular complexity index is 690. The summed E-state index contributed by atoms with van der Waals surface area (Å²) in [5.41, 5.74) is 0.905. The van der Waals surface area contributed by atoms with Gasteiger partial charge in [0.1, 0.15) is 5.69 Å². The van der Waals surface area contributed by atoms with Crippen molar-refractivity contribution in [1.29, 1.82) is 0 Å². The average Bonchev–Trinajstić information content (AvgIpc) is 2.87. The number of urea groups is 1. The molecule has 4 N–H and O–H groups in total. The number of Topliss-reactive ketones (excluding diaryl/α,β-unsaturated/α-hetero) is 1. The fraction of sp³-hybridized carbons (Fsp3) is 0.0769. The fourth-order valence-electron chi connectivity index (χ4n) is 1.56. The number of aromatic amines is 1. The number of nitrogens with one attached hydrogen (secondary N) is 3. The van der Waals surface area contributed by atoms with Crippen LogP contribution >= 0.6 is 0 Å². The summed E-state index contributed by atoms with van der Waals surface area (Å²) in [6.07, 6.45) is 0. The minimum Gasteiger partial charge on any atom is -0.477 e. The highest BCUT2D eigenvalue weighted by atomic mass is 16.4. The Morgan fingerprint density at radius 1 is 1.14 bits per heavy atom. The molecule has 21 heavy (non-hydrogen) atoms. The lowest BCUT2D eigenvalue weighted by Crippen LogP contribution is -2.19. The number of aromatic carboxylic acids is 1. The summed E-state index contributed by atoms with van der Waals surface area (Å²) >= 11 is 0. The number of benzene rings is 1. The van der Waals surface area contributed by atoms with Crippen molar-refractivity contribution < 1.29 is 19.5 Å². The van der Waals surface area contributed by atoms with Gasteiger partial charge in [-0.15, -0.1) is 0 Å². The number of carbonyl (C=O) groups excluding carboxylic acids is 2. The molecule has 8 heteroatoms. The summed E-state index contributed by atoms with van der Waals surface area (Å²) in [5, 5.41) is 19.5. The third-order valence-electron chi connectivity index (χ3n) is 2.60. The van der Waals surface area contributed by atoms with E-state index >= 15 is 0 Å². The quantitative estimate of drug-likeness (QED) is 0.640. The SMILES string of the molecule is CC(=O)c1ccc(NC(=O)Nc2cc(C(=O)O)[nH]n2)cc1. The van der Waals surface area contributed by atoms with Gasteiger partial charge >= 0.3 is 12.0 Å². The molecule has 0 spiro atoms. The van der Waals surface area contributed by atoms with Gasteiger partial charge in [-0.1, -0.05) is 0 Å². The number of aromatic nitrogens is 2. The highest BCUT2D eigenvalue weighted by Crippen LogP contribution is 2.11. The highest BCUT2D eigenvalue weighted by Gasteiger charge is 2.10. The Balaban J connectivity index is 1.97. The van der Waals surface area contributed by atoms with Gasteiger partial charge in [0.25, 0.3) is 0 Å². The van der Waals surface area contributed by atoms with Crippen molar-refractivity contribution in [2.75, 3.05) is 10.6 Å². The number of rotatable bonds is 4. The lowest BCUT2D eigenvalue weighted by Gasteiger charge is -2.05. The topological polar surface area (TPSA) is 124 Å². The summed E-state index contributed by atoms with van der Waals surface area (Å²) in [7, 11) is 0. The number of carboxylic acids is 1. The van der Waals surface area contributed by atoms with Crippen LogP contribution in [-0.4, -0.2) is 33.1 Å². The predicted octanol–water partition coefficient (Wildman–Crippen LogP) is 1.95. The van der Waals surface area contributed by atoms with Gasteiger partial charge in [-0.2, -0.15) is 5.10 Å². The third-order valence-corrected chi connectivity index (χ3v) is 2.60. The molecule has 0 radical (unpaired) electrons. The van der Waals surface area contributed by atoms with Crippen LogP contribution in [0.2, 0.25) is 0 Å². The summed E-state index contributed by atoms with van der Waals surface area (Å²) in [4.78, 5) is 33.5. The number of carboxylic acid groups (broad SMARTS) is 1. The van der Waals surface area contributed by atoms with E-state index in [4.69, 9.17) is 5.11 Å². The second kappa shape index (κ2) is 5.87. The summed E-state index contributed by atoms with van der Waals surface area (Å²) < 4.78 is 0. The lowest BCUT2D eigenvalue weighted by atomic mass is 10.1. The van der Waals surface area contributed by atoms with E-state index in [9.17, 15) is 14.4 Å². The molecule has 0 saturated heterocycles.